The number of hydrogen-bond acceptors (Lipinski definition) is 6. The number of hydrogen-bond donors (Lipinski definition) is 2. The number of phenols is 1. The number of carbonyl (C=O) groups is 2. The first kappa shape index (κ1) is 26.5. The van der Waals surface area contributed by atoms with Gasteiger partial charge in [-0.1, -0.05) is 36.8 Å². The van der Waals surface area contributed by atoms with Crippen molar-refractivity contribution in [2.24, 2.45) is 0 Å². The van der Waals surface area contributed by atoms with Gasteiger partial charge in [0.2, 0.25) is 0 Å². The van der Waals surface area contributed by atoms with Gasteiger partial charge in [-0.3, -0.25) is 4.79 Å². The Morgan fingerprint density at radius 1 is 1.08 bits per heavy atom. The molecule has 1 fully saturated rings. The van der Waals surface area contributed by atoms with E-state index in [2.05, 4.69) is 33.4 Å². The summed E-state index contributed by atoms with van der Waals surface area (Å²) in [7, 11) is 0. The third-order valence-corrected chi connectivity index (χ3v) is 8.43. The van der Waals surface area contributed by atoms with E-state index in [-0.39, 0.29) is 23.6 Å². The van der Waals surface area contributed by atoms with Crippen LogP contribution in [0.4, 0.5) is 0 Å². The Labute approximate surface area is 232 Å². The summed E-state index contributed by atoms with van der Waals surface area (Å²) < 4.78 is 12.2. The molecule has 0 spiro atoms. The molecule has 2 unspecified atom stereocenters. The van der Waals surface area contributed by atoms with Crippen molar-refractivity contribution in [2.45, 2.75) is 76.7 Å². The number of allylic oxidation sites excluding steroid dienone is 3. The predicted molar refractivity (Wildman–Crippen MR) is 149 cm³/mol. The monoisotopic (exact) mass is 579 g/mol. The summed E-state index contributed by atoms with van der Waals surface area (Å²) in [5.74, 6) is -0.647. The molecule has 1 saturated carbocycles. The van der Waals surface area contributed by atoms with Crippen LogP contribution < -0.4 is 10.1 Å². The Balaban J connectivity index is 1.59. The number of carbonyl (C=O) groups excluding carboxylic acids is 2. The lowest BCUT2D eigenvalue weighted by Crippen LogP contribution is -2.37. The smallest absolute Gasteiger partial charge is 0.337 e. The highest BCUT2D eigenvalue weighted by molar-refractivity contribution is 9.10. The van der Waals surface area contributed by atoms with Gasteiger partial charge in [-0.05, 0) is 91.1 Å². The highest BCUT2D eigenvalue weighted by Gasteiger charge is 2.42. The fourth-order valence-corrected chi connectivity index (χ4v) is 6.49. The highest BCUT2D eigenvalue weighted by Crippen LogP contribution is 2.48. The fourth-order valence-electron chi connectivity index (χ4n) is 6.03. The fraction of sp³-hybridized carbons (Fsp3) is 0.419. The Morgan fingerprint density at radius 2 is 1.82 bits per heavy atom. The predicted octanol–water partition coefficient (Wildman–Crippen LogP) is 6.79. The molecule has 3 aliphatic rings. The van der Waals surface area contributed by atoms with Gasteiger partial charge in [0, 0.05) is 29.3 Å². The summed E-state index contributed by atoms with van der Waals surface area (Å²) in [6.07, 6.45) is 5.91. The van der Waals surface area contributed by atoms with Crippen LogP contribution in [0.2, 0.25) is 0 Å². The average Bonchev–Trinajstić information content (AvgIpc) is 2.91. The number of rotatable bonds is 6. The van der Waals surface area contributed by atoms with E-state index in [0.717, 1.165) is 43.4 Å². The zero-order valence-corrected chi connectivity index (χ0v) is 23.5. The molecule has 0 bridgehead atoms. The van der Waals surface area contributed by atoms with Crippen molar-refractivity contribution in [3.05, 3.63) is 80.6 Å². The molecule has 200 valence electrons. The summed E-state index contributed by atoms with van der Waals surface area (Å²) in [5.41, 5.74) is 4.40. The maximum atomic E-state index is 13.9. The van der Waals surface area contributed by atoms with Gasteiger partial charge in [0.25, 0.3) is 0 Å². The number of ether oxygens (including phenoxy) is 2. The Bertz CT molecular complexity index is 1290. The lowest BCUT2D eigenvalue weighted by molar-refractivity contribution is -0.146. The minimum atomic E-state index is -0.623. The third-order valence-electron chi connectivity index (χ3n) is 7.83. The van der Waals surface area contributed by atoms with E-state index in [9.17, 15) is 14.7 Å². The van der Waals surface area contributed by atoms with Gasteiger partial charge in [-0.25, -0.2) is 4.79 Å². The molecule has 5 rings (SSSR count). The Morgan fingerprint density at radius 3 is 2.53 bits per heavy atom. The summed E-state index contributed by atoms with van der Waals surface area (Å²) >= 11 is 3.45. The van der Waals surface area contributed by atoms with Crippen LogP contribution in [0.5, 0.6) is 11.5 Å². The van der Waals surface area contributed by atoms with E-state index in [1.807, 2.05) is 32.0 Å². The van der Waals surface area contributed by atoms with Gasteiger partial charge in [-0.2, -0.15) is 0 Å². The standard InChI is InChI=1S/C31H34BrNO5/c1-3-37-26-17-21(14-23(32)30(26)35)28-27(31(36)38-22-12-8-5-9-13-22)18(2)33-24-15-20(16-25(34)29(24)28)19-10-6-4-7-11-19/h4,6-7,10-11,14,17,20,22,28,33,35H,3,5,8-9,12-13,15-16H2,1-2H3. The van der Waals surface area contributed by atoms with E-state index < -0.39 is 11.9 Å². The summed E-state index contributed by atoms with van der Waals surface area (Å²) in [5, 5.41) is 14.0. The van der Waals surface area contributed by atoms with Crippen molar-refractivity contribution < 1.29 is 24.2 Å². The van der Waals surface area contributed by atoms with E-state index in [1.165, 1.54) is 0 Å². The lowest BCUT2D eigenvalue weighted by atomic mass is 9.71. The van der Waals surface area contributed by atoms with Crippen molar-refractivity contribution in [1.82, 2.24) is 5.32 Å². The van der Waals surface area contributed by atoms with Crippen LogP contribution in [0.3, 0.4) is 0 Å². The number of Topliss-reactive ketones (excluding diaryl/α,β-unsaturated/α-hetero) is 1. The summed E-state index contributed by atoms with van der Waals surface area (Å²) in [6.45, 7) is 4.09. The zero-order valence-electron chi connectivity index (χ0n) is 21.9. The first-order chi connectivity index (χ1) is 18.4. The van der Waals surface area contributed by atoms with Crippen LogP contribution in [-0.2, 0) is 14.3 Å². The molecule has 0 amide bonds. The van der Waals surface area contributed by atoms with Crippen LogP contribution in [0.15, 0.2) is 69.5 Å². The number of dihydropyridines is 1. The van der Waals surface area contributed by atoms with Crippen molar-refractivity contribution in [3.8, 4) is 11.5 Å². The SMILES string of the molecule is CCOc1cc(C2C(C(=O)OC3CCCCC3)=C(C)NC3=C2C(=O)CC(c2ccccc2)C3)cc(Br)c1O. The van der Waals surface area contributed by atoms with Crippen LogP contribution in [-0.4, -0.2) is 29.6 Å². The number of phenolic OH excluding ortho intramolecular Hbond substituents is 1. The molecule has 38 heavy (non-hydrogen) atoms. The molecule has 0 saturated heterocycles. The van der Waals surface area contributed by atoms with E-state index in [1.54, 1.807) is 12.1 Å². The number of aromatic hydroxyl groups is 1. The molecule has 1 aliphatic heterocycles. The van der Waals surface area contributed by atoms with Gasteiger partial charge in [-0.15, -0.1) is 0 Å². The largest absolute Gasteiger partial charge is 0.503 e. The number of benzene rings is 2. The molecule has 7 heteroatoms. The van der Waals surface area contributed by atoms with Gasteiger partial charge in [0.1, 0.15) is 6.10 Å². The molecular formula is C31H34BrNO5. The average molecular weight is 581 g/mol. The van der Waals surface area contributed by atoms with Crippen molar-refractivity contribution in [2.75, 3.05) is 6.61 Å². The summed E-state index contributed by atoms with van der Waals surface area (Å²) in [6, 6.07) is 13.6. The van der Waals surface area contributed by atoms with Gasteiger partial charge in [0.15, 0.2) is 17.3 Å². The second-order valence-electron chi connectivity index (χ2n) is 10.4. The molecule has 2 aromatic carbocycles. The first-order valence-electron chi connectivity index (χ1n) is 13.5. The minimum absolute atomic E-state index is 0.00937. The highest BCUT2D eigenvalue weighted by atomic mass is 79.9. The number of halogens is 1. The number of nitrogens with one attached hydrogen (secondary N) is 1. The lowest BCUT2D eigenvalue weighted by Gasteiger charge is -2.37. The molecule has 0 radical (unpaired) electrons. The minimum Gasteiger partial charge on any atom is -0.503 e. The maximum absolute atomic E-state index is 13.9. The molecule has 2 atom stereocenters. The molecule has 2 aliphatic carbocycles. The zero-order chi connectivity index (χ0) is 26.8. The van der Waals surface area contributed by atoms with E-state index >= 15 is 0 Å². The molecule has 6 nitrogen and oxygen atoms in total. The van der Waals surface area contributed by atoms with Gasteiger partial charge >= 0.3 is 5.97 Å². The van der Waals surface area contributed by atoms with Crippen molar-refractivity contribution in [1.29, 1.82) is 0 Å². The van der Waals surface area contributed by atoms with Crippen LogP contribution in [0.25, 0.3) is 0 Å². The maximum Gasteiger partial charge on any atom is 0.337 e. The topological polar surface area (TPSA) is 84.9 Å². The third kappa shape index (κ3) is 5.26. The second kappa shape index (κ2) is 11.4. The first-order valence-corrected chi connectivity index (χ1v) is 14.3. The van der Waals surface area contributed by atoms with E-state index in [4.69, 9.17) is 9.47 Å². The van der Waals surface area contributed by atoms with Crippen LogP contribution in [0.1, 0.15) is 81.8 Å². The summed E-state index contributed by atoms with van der Waals surface area (Å²) in [4.78, 5) is 27.6. The molecular weight excluding hydrogens is 546 g/mol. The molecule has 1 heterocycles. The van der Waals surface area contributed by atoms with Gasteiger partial charge in [0.05, 0.1) is 16.7 Å². The molecule has 2 N–H and O–H groups in total. The van der Waals surface area contributed by atoms with Crippen molar-refractivity contribution in [3.63, 3.8) is 0 Å². The van der Waals surface area contributed by atoms with Crippen LogP contribution >= 0.6 is 15.9 Å². The van der Waals surface area contributed by atoms with E-state index in [0.29, 0.717) is 52.1 Å². The van der Waals surface area contributed by atoms with Crippen molar-refractivity contribution >= 4 is 27.7 Å². The molecule has 2 aromatic rings. The second-order valence-corrected chi connectivity index (χ2v) is 11.2. The normalized spacial score (nSPS) is 22.1. The number of esters is 1. The Kier molecular flexibility index (Phi) is 7.93. The quantitative estimate of drug-likeness (QED) is 0.366. The van der Waals surface area contributed by atoms with Gasteiger partial charge < -0.3 is 19.9 Å². The number of ketones is 1. The van der Waals surface area contributed by atoms with Crippen LogP contribution in [0, 0.1) is 0 Å². The Hall–Kier alpha value is -3.06. The molecule has 0 aromatic heterocycles.